The lowest BCUT2D eigenvalue weighted by Crippen LogP contribution is -2.30. The minimum Gasteiger partial charge on any atom is -0.493 e. The number of benzene rings is 2. The summed E-state index contributed by atoms with van der Waals surface area (Å²) in [6.45, 7) is 0.0297. The van der Waals surface area contributed by atoms with Gasteiger partial charge in [0.2, 0.25) is 0 Å². The van der Waals surface area contributed by atoms with Crippen LogP contribution in [0.5, 0.6) is 11.5 Å². The second kappa shape index (κ2) is 7.67. The highest BCUT2D eigenvalue weighted by Gasteiger charge is 2.33. The Morgan fingerprint density at radius 2 is 1.74 bits per heavy atom. The van der Waals surface area contributed by atoms with Crippen molar-refractivity contribution in [3.8, 4) is 11.5 Å². The van der Waals surface area contributed by atoms with Crippen molar-refractivity contribution >= 4 is 29.6 Å². The highest BCUT2D eigenvalue weighted by molar-refractivity contribution is 6.32. The maximum absolute atomic E-state index is 13.0. The summed E-state index contributed by atoms with van der Waals surface area (Å²) in [6, 6.07) is 8.18. The van der Waals surface area contributed by atoms with Crippen molar-refractivity contribution in [2.24, 2.45) is 0 Å². The molecule has 1 fully saturated rings. The van der Waals surface area contributed by atoms with Crippen molar-refractivity contribution in [1.82, 2.24) is 10.2 Å². The molecule has 0 bridgehead atoms. The molecule has 3 rings (SSSR count). The molecule has 0 atom stereocenters. The van der Waals surface area contributed by atoms with Gasteiger partial charge in [-0.15, -0.1) is 0 Å². The Morgan fingerprint density at radius 1 is 1.11 bits per heavy atom. The number of amides is 3. The number of hydrogen-bond acceptors (Lipinski definition) is 4. The van der Waals surface area contributed by atoms with Crippen LogP contribution in [0, 0.1) is 5.82 Å². The number of imide groups is 1. The Bertz CT molecular complexity index is 928. The molecular formula is C19H16ClFN2O4. The van der Waals surface area contributed by atoms with E-state index in [1.807, 2.05) is 0 Å². The molecule has 1 saturated heterocycles. The number of carbonyl (C=O) groups excluding carboxylic acids is 2. The molecule has 0 saturated carbocycles. The van der Waals surface area contributed by atoms with E-state index in [1.165, 1.54) is 44.6 Å². The molecular weight excluding hydrogens is 375 g/mol. The van der Waals surface area contributed by atoms with Crippen molar-refractivity contribution in [2.45, 2.75) is 6.54 Å². The number of hydrogen-bond donors (Lipinski definition) is 1. The summed E-state index contributed by atoms with van der Waals surface area (Å²) in [7, 11) is 2.97. The average molecular weight is 391 g/mol. The van der Waals surface area contributed by atoms with E-state index in [-0.39, 0.29) is 18.1 Å². The molecule has 1 N–H and O–H groups in total. The van der Waals surface area contributed by atoms with Crippen molar-refractivity contribution in [3.63, 3.8) is 0 Å². The zero-order valence-corrected chi connectivity index (χ0v) is 15.3. The summed E-state index contributed by atoms with van der Waals surface area (Å²) in [5, 5.41) is 2.85. The minimum atomic E-state index is -0.563. The first-order chi connectivity index (χ1) is 12.9. The molecule has 3 amide bonds. The molecule has 0 unspecified atom stereocenters. The van der Waals surface area contributed by atoms with E-state index in [9.17, 15) is 14.0 Å². The highest BCUT2D eigenvalue weighted by Crippen LogP contribution is 2.34. The predicted molar refractivity (Wildman–Crippen MR) is 98.0 cm³/mol. The van der Waals surface area contributed by atoms with Crippen LogP contribution in [0.2, 0.25) is 5.02 Å². The Balaban J connectivity index is 1.87. The van der Waals surface area contributed by atoms with E-state index in [0.29, 0.717) is 27.6 Å². The van der Waals surface area contributed by atoms with E-state index < -0.39 is 11.9 Å². The van der Waals surface area contributed by atoms with E-state index in [2.05, 4.69) is 5.32 Å². The summed E-state index contributed by atoms with van der Waals surface area (Å²) in [4.78, 5) is 25.8. The van der Waals surface area contributed by atoms with Gasteiger partial charge in [0.1, 0.15) is 11.5 Å². The van der Waals surface area contributed by atoms with Crippen LogP contribution in [-0.2, 0) is 11.3 Å². The zero-order valence-electron chi connectivity index (χ0n) is 14.6. The second-order valence-corrected chi connectivity index (χ2v) is 6.14. The first kappa shape index (κ1) is 18.7. The van der Waals surface area contributed by atoms with Gasteiger partial charge in [-0.25, -0.2) is 9.18 Å². The maximum atomic E-state index is 13.0. The van der Waals surface area contributed by atoms with E-state index in [0.717, 1.165) is 4.90 Å². The largest absolute Gasteiger partial charge is 0.493 e. The number of rotatable bonds is 5. The minimum absolute atomic E-state index is 0.0297. The standard InChI is InChI=1S/C19H16ClFN2O4/c1-26-16-8-12(14(20)9-17(16)27-2)7-15-18(24)23(19(25)22-15)10-11-3-5-13(21)6-4-11/h3-9H,10H2,1-2H3,(H,22,25)/b15-7-. The van der Waals surface area contributed by atoms with Crippen LogP contribution >= 0.6 is 11.6 Å². The van der Waals surface area contributed by atoms with Gasteiger partial charge in [0.15, 0.2) is 11.5 Å². The van der Waals surface area contributed by atoms with Crippen LogP contribution in [-0.4, -0.2) is 31.1 Å². The number of methoxy groups -OCH3 is 2. The molecule has 6 nitrogen and oxygen atoms in total. The molecule has 1 aliphatic heterocycles. The van der Waals surface area contributed by atoms with Gasteiger partial charge in [0.05, 0.1) is 25.8 Å². The number of carbonyl (C=O) groups is 2. The Kier molecular flexibility index (Phi) is 5.32. The van der Waals surface area contributed by atoms with E-state index in [4.69, 9.17) is 21.1 Å². The topological polar surface area (TPSA) is 67.9 Å². The molecule has 140 valence electrons. The smallest absolute Gasteiger partial charge is 0.329 e. The third-order valence-corrected chi connectivity index (χ3v) is 4.35. The van der Waals surface area contributed by atoms with Crippen LogP contribution in [0.3, 0.4) is 0 Å². The average Bonchev–Trinajstić information content (AvgIpc) is 2.92. The van der Waals surface area contributed by atoms with E-state index in [1.54, 1.807) is 12.1 Å². The number of nitrogens with one attached hydrogen (secondary N) is 1. The van der Waals surface area contributed by atoms with Gasteiger partial charge >= 0.3 is 6.03 Å². The molecule has 2 aromatic rings. The third kappa shape index (κ3) is 3.88. The first-order valence-corrected chi connectivity index (χ1v) is 8.31. The van der Waals surface area contributed by atoms with Gasteiger partial charge in [-0.2, -0.15) is 0 Å². The molecule has 8 heteroatoms. The summed E-state index contributed by atoms with van der Waals surface area (Å²) in [5.41, 5.74) is 1.20. The van der Waals surface area contributed by atoms with E-state index >= 15 is 0 Å². The van der Waals surface area contributed by atoms with Crippen LogP contribution < -0.4 is 14.8 Å². The number of urea groups is 1. The van der Waals surface area contributed by atoms with Crippen molar-refractivity contribution in [1.29, 1.82) is 0 Å². The lowest BCUT2D eigenvalue weighted by molar-refractivity contribution is -0.123. The molecule has 0 aromatic heterocycles. The van der Waals surface area contributed by atoms with Crippen molar-refractivity contribution < 1.29 is 23.5 Å². The molecule has 0 radical (unpaired) electrons. The molecule has 27 heavy (non-hydrogen) atoms. The van der Waals surface area contributed by atoms with Crippen LogP contribution in [0.15, 0.2) is 42.1 Å². The molecule has 0 aliphatic carbocycles. The Morgan fingerprint density at radius 3 is 2.37 bits per heavy atom. The van der Waals surface area contributed by atoms with Crippen LogP contribution in [0.1, 0.15) is 11.1 Å². The summed E-state index contributed by atoms with van der Waals surface area (Å²) < 4.78 is 23.4. The summed E-state index contributed by atoms with van der Waals surface area (Å²) >= 11 is 6.23. The maximum Gasteiger partial charge on any atom is 0.329 e. The highest BCUT2D eigenvalue weighted by atomic mass is 35.5. The van der Waals surface area contributed by atoms with Gasteiger partial charge in [-0.3, -0.25) is 9.69 Å². The number of ether oxygens (including phenoxy) is 2. The summed E-state index contributed by atoms with van der Waals surface area (Å²) in [6.07, 6.45) is 1.47. The first-order valence-electron chi connectivity index (χ1n) is 7.93. The van der Waals surface area contributed by atoms with Gasteiger partial charge in [0, 0.05) is 6.07 Å². The SMILES string of the molecule is COc1cc(Cl)c(/C=C2\NC(=O)N(Cc3ccc(F)cc3)C2=O)cc1OC. The number of nitrogens with zero attached hydrogens (tertiary/aromatic N) is 1. The Hall–Kier alpha value is -3.06. The quantitative estimate of drug-likeness (QED) is 0.625. The monoisotopic (exact) mass is 390 g/mol. The van der Waals surface area contributed by atoms with Gasteiger partial charge in [-0.05, 0) is 35.4 Å². The molecule has 2 aromatic carbocycles. The molecule has 0 spiro atoms. The fourth-order valence-corrected chi connectivity index (χ4v) is 2.83. The molecule has 1 heterocycles. The summed E-state index contributed by atoms with van der Waals surface area (Å²) in [5.74, 6) is -0.00660. The third-order valence-electron chi connectivity index (χ3n) is 4.02. The fourth-order valence-electron chi connectivity index (χ4n) is 2.62. The van der Waals surface area contributed by atoms with Crippen LogP contribution in [0.25, 0.3) is 6.08 Å². The second-order valence-electron chi connectivity index (χ2n) is 5.73. The number of halogens is 2. The fraction of sp³-hybridized carbons (Fsp3) is 0.158. The van der Waals surface area contributed by atoms with Crippen LogP contribution in [0.4, 0.5) is 9.18 Å². The van der Waals surface area contributed by atoms with Gasteiger partial charge in [0.25, 0.3) is 5.91 Å². The lowest BCUT2D eigenvalue weighted by Gasteiger charge is -2.11. The van der Waals surface area contributed by atoms with Gasteiger partial charge < -0.3 is 14.8 Å². The lowest BCUT2D eigenvalue weighted by atomic mass is 10.1. The van der Waals surface area contributed by atoms with Crippen molar-refractivity contribution in [2.75, 3.05) is 14.2 Å². The van der Waals surface area contributed by atoms with Crippen molar-refractivity contribution in [3.05, 3.63) is 64.1 Å². The zero-order chi connectivity index (χ0) is 19.6. The Labute approximate surface area is 160 Å². The molecule has 1 aliphatic rings. The normalized spacial score (nSPS) is 15.3. The van der Waals surface area contributed by atoms with Gasteiger partial charge in [-0.1, -0.05) is 23.7 Å². The predicted octanol–water partition coefficient (Wildman–Crippen LogP) is 3.59.